The van der Waals surface area contributed by atoms with Crippen LogP contribution in [0.2, 0.25) is 0 Å². The maximum absolute atomic E-state index is 11.7. The van der Waals surface area contributed by atoms with Crippen LogP contribution < -0.4 is 0 Å². The third-order valence-electron chi connectivity index (χ3n) is 4.15. The summed E-state index contributed by atoms with van der Waals surface area (Å²) in [4.78, 5) is 16.5. The van der Waals surface area contributed by atoms with E-state index in [-0.39, 0.29) is 0 Å². The van der Waals surface area contributed by atoms with Crippen LogP contribution in [0.15, 0.2) is 36.4 Å². The zero-order valence-corrected chi connectivity index (χ0v) is 13.8. The molecule has 0 bridgehead atoms. The lowest BCUT2D eigenvalue weighted by atomic mass is 9.97. The van der Waals surface area contributed by atoms with Crippen LogP contribution in [0.25, 0.3) is 22.2 Å². The molecule has 2 aromatic carbocycles. The lowest BCUT2D eigenvalue weighted by molar-refractivity contribution is 0.0699. The van der Waals surface area contributed by atoms with Crippen molar-refractivity contribution in [3.63, 3.8) is 0 Å². The fourth-order valence-electron chi connectivity index (χ4n) is 3.01. The third-order valence-corrected chi connectivity index (χ3v) is 4.15. The molecule has 0 aliphatic heterocycles. The molecule has 0 fully saturated rings. The average molecular weight is 305 g/mol. The van der Waals surface area contributed by atoms with Crippen LogP contribution in [0, 0.1) is 27.7 Å². The molecule has 0 saturated carbocycles. The molecule has 3 aromatic rings. The van der Waals surface area contributed by atoms with Crippen LogP contribution in [-0.4, -0.2) is 16.1 Å². The van der Waals surface area contributed by atoms with Gasteiger partial charge in [-0.05, 0) is 57.0 Å². The first-order valence-corrected chi connectivity index (χ1v) is 7.60. The summed E-state index contributed by atoms with van der Waals surface area (Å²) in [5.74, 6) is -0.922. The molecule has 0 spiro atoms. The van der Waals surface area contributed by atoms with Gasteiger partial charge in [0.1, 0.15) is 0 Å². The summed E-state index contributed by atoms with van der Waals surface area (Å²) in [6.07, 6.45) is 0. The van der Waals surface area contributed by atoms with Gasteiger partial charge in [-0.15, -0.1) is 0 Å². The second-order valence-corrected chi connectivity index (χ2v) is 6.16. The summed E-state index contributed by atoms with van der Waals surface area (Å²) < 4.78 is 0. The van der Waals surface area contributed by atoms with Crippen LogP contribution in [-0.2, 0) is 0 Å². The Labute approximate surface area is 135 Å². The largest absolute Gasteiger partial charge is 0.478 e. The second kappa shape index (κ2) is 5.51. The number of aromatic carboxylic acids is 1. The molecule has 3 heteroatoms. The molecule has 0 aliphatic carbocycles. The predicted molar refractivity (Wildman–Crippen MR) is 93.1 cm³/mol. The van der Waals surface area contributed by atoms with Crippen molar-refractivity contribution in [2.45, 2.75) is 27.7 Å². The van der Waals surface area contributed by atoms with Crippen LogP contribution in [0.1, 0.15) is 32.6 Å². The Hall–Kier alpha value is -2.68. The molecule has 3 rings (SSSR count). The Balaban J connectivity index is 2.40. The van der Waals surface area contributed by atoms with Gasteiger partial charge in [0.15, 0.2) is 0 Å². The quantitative estimate of drug-likeness (QED) is 0.737. The van der Waals surface area contributed by atoms with E-state index < -0.39 is 5.97 Å². The lowest BCUT2D eigenvalue weighted by Gasteiger charge is -2.12. The maximum Gasteiger partial charge on any atom is 0.336 e. The number of hydrogen-bond acceptors (Lipinski definition) is 2. The van der Waals surface area contributed by atoms with Gasteiger partial charge in [-0.1, -0.05) is 29.3 Å². The number of carbonyl (C=O) groups is 1. The molecule has 0 aliphatic rings. The molecule has 1 aromatic heterocycles. The minimum atomic E-state index is -0.922. The Kier molecular flexibility index (Phi) is 3.64. The van der Waals surface area contributed by atoms with Gasteiger partial charge in [-0.3, -0.25) is 0 Å². The normalized spacial score (nSPS) is 11.0. The summed E-state index contributed by atoms with van der Waals surface area (Å²) in [6, 6.07) is 11.8. The molecule has 116 valence electrons. The summed E-state index contributed by atoms with van der Waals surface area (Å²) in [5.41, 5.74) is 7.00. The summed E-state index contributed by atoms with van der Waals surface area (Å²) in [7, 11) is 0. The van der Waals surface area contributed by atoms with Gasteiger partial charge in [0.05, 0.1) is 16.8 Å². The van der Waals surface area contributed by atoms with Gasteiger partial charge >= 0.3 is 5.97 Å². The fraction of sp³-hybridized carbons (Fsp3) is 0.200. The van der Waals surface area contributed by atoms with E-state index in [4.69, 9.17) is 4.98 Å². The first-order valence-electron chi connectivity index (χ1n) is 7.60. The van der Waals surface area contributed by atoms with E-state index in [1.807, 2.05) is 52.0 Å². The highest BCUT2D eigenvalue weighted by Crippen LogP contribution is 2.30. The molecular formula is C20H19NO2. The van der Waals surface area contributed by atoms with Crippen molar-refractivity contribution in [3.8, 4) is 11.3 Å². The van der Waals surface area contributed by atoms with Crippen molar-refractivity contribution in [1.82, 2.24) is 4.98 Å². The predicted octanol–water partition coefficient (Wildman–Crippen LogP) is 4.83. The lowest BCUT2D eigenvalue weighted by Crippen LogP contribution is -2.02. The number of carboxylic acids is 1. The Morgan fingerprint density at radius 2 is 1.65 bits per heavy atom. The van der Waals surface area contributed by atoms with Gasteiger partial charge < -0.3 is 5.11 Å². The van der Waals surface area contributed by atoms with E-state index in [2.05, 4.69) is 6.07 Å². The molecule has 0 saturated heterocycles. The monoisotopic (exact) mass is 305 g/mol. The first-order chi connectivity index (χ1) is 10.9. The highest BCUT2D eigenvalue weighted by atomic mass is 16.4. The number of hydrogen-bond donors (Lipinski definition) is 1. The molecule has 1 heterocycles. The van der Waals surface area contributed by atoms with E-state index in [0.717, 1.165) is 33.3 Å². The van der Waals surface area contributed by atoms with Gasteiger partial charge in [0.2, 0.25) is 0 Å². The van der Waals surface area contributed by atoms with Crippen molar-refractivity contribution >= 4 is 16.9 Å². The Bertz CT molecular complexity index is 942. The number of carboxylic acid groups (broad SMARTS) is 1. The molecular weight excluding hydrogens is 286 g/mol. The van der Waals surface area contributed by atoms with Gasteiger partial charge in [0, 0.05) is 10.9 Å². The zero-order chi connectivity index (χ0) is 16.7. The molecule has 0 unspecified atom stereocenters. The highest BCUT2D eigenvalue weighted by Gasteiger charge is 2.15. The molecule has 0 radical (unpaired) electrons. The minimum absolute atomic E-state index is 0.303. The van der Waals surface area contributed by atoms with Crippen molar-refractivity contribution in [3.05, 3.63) is 64.2 Å². The number of pyridine rings is 1. The highest BCUT2D eigenvalue weighted by molar-refractivity contribution is 6.04. The smallest absolute Gasteiger partial charge is 0.336 e. The van der Waals surface area contributed by atoms with Gasteiger partial charge in [0.25, 0.3) is 0 Å². The molecule has 23 heavy (non-hydrogen) atoms. The second-order valence-electron chi connectivity index (χ2n) is 6.16. The van der Waals surface area contributed by atoms with E-state index in [0.29, 0.717) is 16.6 Å². The number of fused-ring (bicyclic) bond motifs is 1. The minimum Gasteiger partial charge on any atom is -0.478 e. The molecule has 3 nitrogen and oxygen atoms in total. The van der Waals surface area contributed by atoms with E-state index in [1.54, 1.807) is 6.07 Å². The maximum atomic E-state index is 11.7. The van der Waals surface area contributed by atoms with Crippen LogP contribution in [0.4, 0.5) is 0 Å². The number of nitrogens with zero attached hydrogens (tertiary/aromatic N) is 1. The number of aryl methyl sites for hydroxylation is 4. The van der Waals surface area contributed by atoms with Crippen molar-refractivity contribution in [1.29, 1.82) is 0 Å². The molecule has 0 atom stereocenters. The van der Waals surface area contributed by atoms with E-state index in [9.17, 15) is 9.90 Å². The summed E-state index contributed by atoms with van der Waals surface area (Å²) in [6.45, 7) is 7.98. The van der Waals surface area contributed by atoms with E-state index >= 15 is 0 Å². The number of rotatable bonds is 2. The summed E-state index contributed by atoms with van der Waals surface area (Å²) in [5, 5.41) is 10.3. The van der Waals surface area contributed by atoms with Crippen LogP contribution >= 0.6 is 0 Å². The molecule has 0 amide bonds. The molecule has 1 N–H and O–H groups in total. The first kappa shape index (κ1) is 15.2. The van der Waals surface area contributed by atoms with E-state index in [1.165, 1.54) is 0 Å². The van der Waals surface area contributed by atoms with Crippen molar-refractivity contribution in [2.24, 2.45) is 0 Å². The zero-order valence-electron chi connectivity index (χ0n) is 13.8. The third kappa shape index (κ3) is 2.70. The van der Waals surface area contributed by atoms with Crippen LogP contribution in [0.3, 0.4) is 0 Å². The summed E-state index contributed by atoms with van der Waals surface area (Å²) >= 11 is 0. The van der Waals surface area contributed by atoms with Gasteiger partial charge in [-0.2, -0.15) is 0 Å². The topological polar surface area (TPSA) is 50.2 Å². The van der Waals surface area contributed by atoms with Crippen molar-refractivity contribution in [2.75, 3.05) is 0 Å². The SMILES string of the molecule is Cc1ccc(C)c(-c2cc(C(=O)O)c3cc(C)cc(C)c3n2)c1. The van der Waals surface area contributed by atoms with Crippen molar-refractivity contribution < 1.29 is 9.90 Å². The Morgan fingerprint density at radius 1 is 0.913 bits per heavy atom. The average Bonchev–Trinajstić information content (AvgIpc) is 2.48. The number of benzene rings is 2. The fourth-order valence-corrected chi connectivity index (χ4v) is 3.01. The number of aromatic nitrogens is 1. The van der Waals surface area contributed by atoms with Crippen LogP contribution in [0.5, 0.6) is 0 Å². The standard InChI is InChI=1S/C20H19NO2/c1-11-5-6-13(3)15(8-11)18-10-17(20(22)23)16-9-12(2)7-14(4)19(16)21-18/h5-10H,1-4H3,(H,22,23). The Morgan fingerprint density at radius 3 is 2.35 bits per heavy atom. The van der Waals surface area contributed by atoms with Gasteiger partial charge in [-0.25, -0.2) is 9.78 Å².